The number of hydrogen-bond donors (Lipinski definition) is 0. The normalized spacial score (nSPS) is 17.8. The monoisotopic (exact) mass is 359 g/mol. The van der Waals surface area contributed by atoms with Gasteiger partial charge in [0.15, 0.2) is 0 Å². The van der Waals surface area contributed by atoms with Crippen LogP contribution in [-0.4, -0.2) is 48.7 Å². The van der Waals surface area contributed by atoms with Crippen molar-refractivity contribution in [2.24, 2.45) is 0 Å². The number of likely N-dealkylation sites (N-methyl/N-ethyl adjacent to an activating group) is 1. The van der Waals surface area contributed by atoms with Gasteiger partial charge < -0.3 is 4.90 Å². The van der Waals surface area contributed by atoms with Gasteiger partial charge in [-0.1, -0.05) is 18.2 Å². The van der Waals surface area contributed by atoms with Crippen molar-refractivity contribution >= 4 is 15.9 Å². The molecule has 2 aromatic rings. The molecule has 1 atom stereocenters. The van der Waals surface area contributed by atoms with Crippen LogP contribution >= 0.6 is 0 Å². The second-order valence-electron chi connectivity index (χ2n) is 6.10. The minimum absolute atomic E-state index is 0.0108. The summed E-state index contributed by atoms with van der Waals surface area (Å²) in [6.07, 6.45) is 5.21. The lowest BCUT2D eigenvalue weighted by Crippen LogP contribution is -2.40. The van der Waals surface area contributed by atoms with E-state index in [1.807, 2.05) is 12.1 Å². The van der Waals surface area contributed by atoms with Crippen molar-refractivity contribution in [3.8, 4) is 0 Å². The molecular weight excluding hydrogens is 338 g/mol. The van der Waals surface area contributed by atoms with E-state index in [4.69, 9.17) is 0 Å². The number of amides is 1. The van der Waals surface area contributed by atoms with Crippen LogP contribution in [0.3, 0.4) is 0 Å². The predicted molar refractivity (Wildman–Crippen MR) is 94.2 cm³/mol. The molecule has 0 unspecified atom stereocenters. The standard InChI is InChI=1S/C18H21N3O3S/c1-20(25(23,24)16-6-3-2-4-7-16)14-18(22)21-13-5-8-17(21)15-9-11-19-12-10-15/h2-4,6-7,9-12,17H,5,8,13-14H2,1H3/t17-/m0/s1. The molecule has 1 amide bonds. The SMILES string of the molecule is CN(CC(=O)N1CCC[C@H]1c1ccncc1)S(=O)(=O)c1ccccc1. The van der Waals surface area contributed by atoms with Gasteiger partial charge in [-0.2, -0.15) is 4.31 Å². The first-order valence-electron chi connectivity index (χ1n) is 8.21. The molecule has 6 nitrogen and oxygen atoms in total. The molecule has 1 aromatic carbocycles. The summed E-state index contributed by atoms with van der Waals surface area (Å²) in [4.78, 5) is 18.7. The summed E-state index contributed by atoms with van der Waals surface area (Å²) in [6, 6.07) is 12.0. The molecule has 0 radical (unpaired) electrons. The minimum Gasteiger partial charge on any atom is -0.335 e. The van der Waals surface area contributed by atoms with Gasteiger partial charge in [0.25, 0.3) is 0 Å². The molecule has 3 rings (SSSR count). The quantitative estimate of drug-likeness (QED) is 0.819. The number of sulfonamides is 1. The number of likely N-dealkylation sites (tertiary alicyclic amines) is 1. The van der Waals surface area contributed by atoms with Crippen molar-refractivity contribution in [3.63, 3.8) is 0 Å². The maximum atomic E-state index is 12.7. The summed E-state index contributed by atoms with van der Waals surface area (Å²) in [7, 11) is -2.23. The molecule has 1 aliphatic rings. The van der Waals surface area contributed by atoms with E-state index in [2.05, 4.69) is 4.98 Å². The van der Waals surface area contributed by atoms with Crippen LogP contribution in [-0.2, 0) is 14.8 Å². The van der Waals surface area contributed by atoms with E-state index in [-0.39, 0.29) is 23.4 Å². The molecule has 132 valence electrons. The van der Waals surface area contributed by atoms with Gasteiger partial charge in [-0.3, -0.25) is 9.78 Å². The van der Waals surface area contributed by atoms with Gasteiger partial charge in [0, 0.05) is 26.0 Å². The Morgan fingerprint density at radius 2 is 1.88 bits per heavy atom. The van der Waals surface area contributed by atoms with Crippen LogP contribution in [0.5, 0.6) is 0 Å². The van der Waals surface area contributed by atoms with Gasteiger partial charge in [-0.15, -0.1) is 0 Å². The Morgan fingerprint density at radius 1 is 1.20 bits per heavy atom. The van der Waals surface area contributed by atoms with Crippen molar-refractivity contribution < 1.29 is 13.2 Å². The number of aromatic nitrogens is 1. The third kappa shape index (κ3) is 3.72. The highest BCUT2D eigenvalue weighted by atomic mass is 32.2. The zero-order valence-corrected chi connectivity index (χ0v) is 14.9. The van der Waals surface area contributed by atoms with Crippen LogP contribution in [0.15, 0.2) is 59.8 Å². The third-order valence-electron chi connectivity index (χ3n) is 4.47. The molecule has 2 heterocycles. The Hall–Kier alpha value is -2.25. The summed E-state index contributed by atoms with van der Waals surface area (Å²) in [6.45, 7) is 0.476. The Morgan fingerprint density at radius 3 is 2.56 bits per heavy atom. The smallest absolute Gasteiger partial charge is 0.243 e. The predicted octanol–water partition coefficient (Wildman–Crippen LogP) is 2.07. The van der Waals surface area contributed by atoms with Gasteiger partial charge in [0.05, 0.1) is 17.5 Å². The van der Waals surface area contributed by atoms with Crippen LogP contribution in [0.1, 0.15) is 24.4 Å². The van der Waals surface area contributed by atoms with Crippen molar-refractivity contribution in [3.05, 3.63) is 60.4 Å². The van der Waals surface area contributed by atoms with Crippen LogP contribution in [0.2, 0.25) is 0 Å². The van der Waals surface area contributed by atoms with Gasteiger partial charge >= 0.3 is 0 Å². The first kappa shape index (κ1) is 17.6. The highest BCUT2D eigenvalue weighted by molar-refractivity contribution is 7.89. The molecule has 0 aliphatic carbocycles. The Balaban J connectivity index is 1.73. The van der Waals surface area contributed by atoms with E-state index in [1.54, 1.807) is 35.5 Å². The molecule has 0 bridgehead atoms. The Labute approximate surface area is 148 Å². The second-order valence-corrected chi connectivity index (χ2v) is 8.14. The molecule has 25 heavy (non-hydrogen) atoms. The van der Waals surface area contributed by atoms with Crippen LogP contribution in [0.4, 0.5) is 0 Å². The van der Waals surface area contributed by atoms with Crippen molar-refractivity contribution in [1.82, 2.24) is 14.2 Å². The number of benzene rings is 1. The number of nitrogens with zero attached hydrogens (tertiary/aromatic N) is 3. The van der Waals surface area contributed by atoms with E-state index in [9.17, 15) is 13.2 Å². The van der Waals surface area contributed by atoms with Crippen molar-refractivity contribution in [2.45, 2.75) is 23.8 Å². The fourth-order valence-corrected chi connectivity index (χ4v) is 4.28. The number of hydrogen-bond acceptors (Lipinski definition) is 4. The average Bonchev–Trinajstić information content (AvgIpc) is 3.13. The topological polar surface area (TPSA) is 70.6 Å². The van der Waals surface area contributed by atoms with E-state index in [1.165, 1.54) is 19.2 Å². The van der Waals surface area contributed by atoms with Crippen molar-refractivity contribution in [1.29, 1.82) is 0 Å². The molecular formula is C18H21N3O3S. The van der Waals surface area contributed by atoms with Gasteiger partial charge in [0.2, 0.25) is 15.9 Å². The van der Waals surface area contributed by atoms with E-state index in [0.717, 1.165) is 22.7 Å². The lowest BCUT2D eigenvalue weighted by Gasteiger charge is -2.27. The average molecular weight is 359 g/mol. The summed E-state index contributed by atoms with van der Waals surface area (Å²) < 4.78 is 26.3. The summed E-state index contributed by atoms with van der Waals surface area (Å²) >= 11 is 0. The van der Waals surface area contributed by atoms with Gasteiger partial charge in [0.1, 0.15) is 0 Å². The second kappa shape index (κ2) is 7.33. The lowest BCUT2D eigenvalue weighted by molar-refractivity contribution is -0.132. The van der Waals surface area contributed by atoms with E-state index >= 15 is 0 Å². The molecule has 0 N–H and O–H groups in total. The molecule has 1 fully saturated rings. The summed E-state index contributed by atoms with van der Waals surface area (Å²) in [5, 5.41) is 0. The Bertz CT molecular complexity index is 825. The third-order valence-corrected chi connectivity index (χ3v) is 6.29. The van der Waals surface area contributed by atoms with Gasteiger partial charge in [-0.05, 0) is 42.7 Å². The van der Waals surface area contributed by atoms with Crippen LogP contribution in [0.25, 0.3) is 0 Å². The van der Waals surface area contributed by atoms with Gasteiger partial charge in [-0.25, -0.2) is 8.42 Å². The molecule has 7 heteroatoms. The zero-order valence-electron chi connectivity index (χ0n) is 14.1. The molecule has 0 saturated carbocycles. The molecule has 0 spiro atoms. The highest BCUT2D eigenvalue weighted by Gasteiger charge is 2.32. The fraction of sp³-hybridized carbons (Fsp3) is 0.333. The number of pyridine rings is 1. The number of rotatable bonds is 5. The lowest BCUT2D eigenvalue weighted by atomic mass is 10.1. The minimum atomic E-state index is -3.67. The Kier molecular flexibility index (Phi) is 5.15. The summed E-state index contributed by atoms with van der Waals surface area (Å²) in [5.74, 6) is -0.179. The molecule has 1 aliphatic heterocycles. The summed E-state index contributed by atoms with van der Waals surface area (Å²) in [5.41, 5.74) is 1.04. The highest BCUT2D eigenvalue weighted by Crippen LogP contribution is 2.31. The number of carbonyl (C=O) groups excluding carboxylic acids is 1. The van der Waals surface area contributed by atoms with Crippen LogP contribution < -0.4 is 0 Å². The maximum Gasteiger partial charge on any atom is 0.243 e. The maximum absolute atomic E-state index is 12.7. The number of carbonyl (C=O) groups is 1. The first-order chi connectivity index (χ1) is 12.0. The molecule has 1 saturated heterocycles. The fourth-order valence-electron chi connectivity index (χ4n) is 3.14. The van der Waals surface area contributed by atoms with E-state index in [0.29, 0.717) is 6.54 Å². The zero-order chi connectivity index (χ0) is 17.9. The van der Waals surface area contributed by atoms with Crippen LogP contribution in [0, 0.1) is 0 Å². The largest absolute Gasteiger partial charge is 0.335 e. The first-order valence-corrected chi connectivity index (χ1v) is 9.65. The van der Waals surface area contributed by atoms with E-state index < -0.39 is 10.0 Å². The molecule has 1 aromatic heterocycles. The van der Waals surface area contributed by atoms with Crippen molar-refractivity contribution in [2.75, 3.05) is 20.1 Å².